The quantitative estimate of drug-likeness (QED) is 0.872. The Morgan fingerprint density at radius 3 is 2.84 bits per heavy atom. The number of piperidine rings is 1. The van der Waals surface area contributed by atoms with Crippen LogP contribution in [0, 0.1) is 0 Å². The number of hydrogen-bond acceptors (Lipinski definition) is 3. The summed E-state index contributed by atoms with van der Waals surface area (Å²) in [5, 5.41) is 5.88. The molecule has 1 saturated heterocycles. The standard InChI is InChI=1S/C14H23N3OS/c1-2-4-12(13-5-3-10-19-13)16-11-6-8-17(9-7-11)14(15)18/h3,5,10-12,16H,2,4,6-9H2,1H3,(H2,15,18). The van der Waals surface area contributed by atoms with Gasteiger partial charge in [-0.15, -0.1) is 11.3 Å². The lowest BCUT2D eigenvalue weighted by atomic mass is 10.0. The van der Waals surface area contributed by atoms with Crippen molar-refractivity contribution in [3.63, 3.8) is 0 Å². The summed E-state index contributed by atoms with van der Waals surface area (Å²) in [6, 6.07) is 4.97. The first-order valence-electron chi connectivity index (χ1n) is 7.04. The number of likely N-dealkylation sites (tertiary alicyclic amines) is 1. The van der Waals surface area contributed by atoms with Crippen LogP contribution in [0.5, 0.6) is 0 Å². The Bertz CT molecular complexity index is 385. The van der Waals surface area contributed by atoms with Crippen molar-refractivity contribution in [1.82, 2.24) is 10.2 Å². The summed E-state index contributed by atoms with van der Waals surface area (Å²) in [5.74, 6) is 0. The average Bonchev–Trinajstić information content (AvgIpc) is 2.92. The van der Waals surface area contributed by atoms with Gasteiger partial charge in [-0.25, -0.2) is 4.79 Å². The highest BCUT2D eigenvalue weighted by molar-refractivity contribution is 7.10. The molecule has 0 aromatic carbocycles. The molecule has 2 heterocycles. The molecule has 1 fully saturated rings. The zero-order valence-corrected chi connectivity index (χ0v) is 12.3. The predicted octanol–water partition coefficient (Wildman–Crippen LogP) is 2.72. The van der Waals surface area contributed by atoms with Gasteiger partial charge in [0.05, 0.1) is 0 Å². The molecule has 0 saturated carbocycles. The Labute approximate surface area is 119 Å². The van der Waals surface area contributed by atoms with Crippen LogP contribution in [0.3, 0.4) is 0 Å². The van der Waals surface area contributed by atoms with Crippen molar-refractivity contribution in [3.8, 4) is 0 Å². The molecule has 1 unspecified atom stereocenters. The van der Waals surface area contributed by atoms with E-state index in [0.29, 0.717) is 12.1 Å². The van der Waals surface area contributed by atoms with Crippen molar-refractivity contribution in [2.45, 2.75) is 44.7 Å². The molecular weight excluding hydrogens is 258 g/mol. The molecule has 1 aliphatic rings. The van der Waals surface area contributed by atoms with Gasteiger partial charge in [-0.05, 0) is 30.7 Å². The van der Waals surface area contributed by atoms with Gasteiger partial charge in [0.25, 0.3) is 0 Å². The summed E-state index contributed by atoms with van der Waals surface area (Å²) in [6.45, 7) is 3.77. The monoisotopic (exact) mass is 281 g/mol. The molecule has 2 amide bonds. The van der Waals surface area contributed by atoms with E-state index >= 15 is 0 Å². The maximum Gasteiger partial charge on any atom is 0.314 e. The molecule has 0 radical (unpaired) electrons. The lowest BCUT2D eigenvalue weighted by Gasteiger charge is -2.33. The normalized spacial score (nSPS) is 18.5. The number of nitrogens with zero attached hydrogens (tertiary/aromatic N) is 1. The van der Waals surface area contributed by atoms with Crippen LogP contribution in [0.25, 0.3) is 0 Å². The molecule has 1 aromatic rings. The van der Waals surface area contributed by atoms with Gasteiger partial charge < -0.3 is 16.0 Å². The maximum absolute atomic E-state index is 11.1. The number of amides is 2. The highest BCUT2D eigenvalue weighted by Crippen LogP contribution is 2.25. The first-order chi connectivity index (χ1) is 9.20. The minimum absolute atomic E-state index is 0.290. The molecule has 1 atom stereocenters. The topological polar surface area (TPSA) is 58.4 Å². The fourth-order valence-electron chi connectivity index (χ4n) is 2.64. The van der Waals surface area contributed by atoms with Crippen LogP contribution in [0.2, 0.25) is 0 Å². The van der Waals surface area contributed by atoms with Crippen LogP contribution < -0.4 is 11.1 Å². The lowest BCUT2D eigenvalue weighted by Crippen LogP contribution is -2.47. The van der Waals surface area contributed by atoms with E-state index in [9.17, 15) is 4.79 Å². The Morgan fingerprint density at radius 1 is 1.58 bits per heavy atom. The molecule has 0 spiro atoms. The first-order valence-corrected chi connectivity index (χ1v) is 7.92. The van der Waals surface area contributed by atoms with Crippen molar-refractivity contribution >= 4 is 17.4 Å². The third-order valence-corrected chi connectivity index (χ3v) is 4.69. The fraction of sp³-hybridized carbons (Fsp3) is 0.643. The average molecular weight is 281 g/mol. The molecule has 4 nitrogen and oxygen atoms in total. The van der Waals surface area contributed by atoms with Crippen molar-refractivity contribution in [3.05, 3.63) is 22.4 Å². The number of hydrogen-bond donors (Lipinski definition) is 2. The maximum atomic E-state index is 11.1. The highest BCUT2D eigenvalue weighted by atomic mass is 32.1. The third-order valence-electron chi connectivity index (χ3n) is 3.71. The van der Waals surface area contributed by atoms with E-state index in [1.807, 2.05) is 11.3 Å². The van der Waals surface area contributed by atoms with Gasteiger partial charge in [-0.1, -0.05) is 19.4 Å². The van der Waals surface area contributed by atoms with E-state index in [1.165, 1.54) is 11.3 Å². The minimum Gasteiger partial charge on any atom is -0.351 e. The van der Waals surface area contributed by atoms with E-state index < -0.39 is 0 Å². The lowest BCUT2D eigenvalue weighted by molar-refractivity contribution is 0.182. The SMILES string of the molecule is CCCC(NC1CCN(C(N)=O)CC1)c1cccs1. The summed E-state index contributed by atoms with van der Waals surface area (Å²) in [4.78, 5) is 14.3. The molecule has 3 N–H and O–H groups in total. The van der Waals surface area contributed by atoms with Crippen LogP contribution in [0.15, 0.2) is 17.5 Å². The summed E-state index contributed by atoms with van der Waals surface area (Å²) in [7, 11) is 0. The molecule has 0 bridgehead atoms. The Hall–Kier alpha value is -1.07. The summed E-state index contributed by atoms with van der Waals surface area (Å²) >= 11 is 1.82. The Balaban J connectivity index is 1.87. The number of carbonyl (C=O) groups is 1. The van der Waals surface area contributed by atoms with Gasteiger partial charge in [-0.2, -0.15) is 0 Å². The van der Waals surface area contributed by atoms with E-state index in [0.717, 1.165) is 32.4 Å². The molecule has 19 heavy (non-hydrogen) atoms. The molecule has 2 rings (SSSR count). The molecule has 5 heteroatoms. The second-order valence-corrected chi connectivity index (χ2v) is 6.10. The number of nitrogens with one attached hydrogen (secondary N) is 1. The number of urea groups is 1. The zero-order chi connectivity index (χ0) is 13.7. The van der Waals surface area contributed by atoms with Gasteiger partial charge in [0, 0.05) is 30.1 Å². The van der Waals surface area contributed by atoms with Gasteiger partial charge in [0.15, 0.2) is 0 Å². The van der Waals surface area contributed by atoms with E-state index in [-0.39, 0.29) is 6.03 Å². The second kappa shape index (κ2) is 6.91. The summed E-state index contributed by atoms with van der Waals surface area (Å²) in [6.07, 6.45) is 4.33. The molecular formula is C14H23N3OS. The van der Waals surface area contributed by atoms with Gasteiger partial charge in [-0.3, -0.25) is 0 Å². The number of carbonyl (C=O) groups excluding carboxylic acids is 1. The Kier molecular flexibility index (Phi) is 5.22. The molecule has 1 aliphatic heterocycles. The van der Waals surface area contributed by atoms with Crippen LogP contribution in [0.1, 0.15) is 43.5 Å². The van der Waals surface area contributed by atoms with E-state index in [2.05, 4.69) is 29.8 Å². The molecule has 1 aromatic heterocycles. The number of primary amides is 1. The zero-order valence-electron chi connectivity index (χ0n) is 11.5. The number of nitrogens with two attached hydrogens (primary N) is 1. The van der Waals surface area contributed by atoms with Crippen molar-refractivity contribution < 1.29 is 4.79 Å². The summed E-state index contributed by atoms with van der Waals surface area (Å²) < 4.78 is 0. The van der Waals surface area contributed by atoms with Crippen LogP contribution >= 0.6 is 11.3 Å². The van der Waals surface area contributed by atoms with Crippen LogP contribution in [0.4, 0.5) is 4.79 Å². The van der Waals surface area contributed by atoms with Crippen molar-refractivity contribution in [2.24, 2.45) is 5.73 Å². The van der Waals surface area contributed by atoms with Crippen LogP contribution in [-0.4, -0.2) is 30.1 Å². The summed E-state index contributed by atoms with van der Waals surface area (Å²) in [5.41, 5.74) is 5.31. The predicted molar refractivity (Wildman–Crippen MR) is 79.3 cm³/mol. The van der Waals surface area contributed by atoms with Crippen molar-refractivity contribution in [2.75, 3.05) is 13.1 Å². The second-order valence-electron chi connectivity index (χ2n) is 5.12. The highest BCUT2D eigenvalue weighted by Gasteiger charge is 2.23. The molecule has 106 valence electrons. The van der Waals surface area contributed by atoms with Crippen molar-refractivity contribution in [1.29, 1.82) is 0 Å². The van der Waals surface area contributed by atoms with E-state index in [4.69, 9.17) is 5.73 Å². The minimum atomic E-state index is -0.290. The smallest absolute Gasteiger partial charge is 0.314 e. The van der Waals surface area contributed by atoms with E-state index in [1.54, 1.807) is 4.90 Å². The molecule has 0 aliphatic carbocycles. The Morgan fingerprint density at radius 2 is 2.32 bits per heavy atom. The number of thiophene rings is 1. The van der Waals surface area contributed by atoms with Gasteiger partial charge in [0.1, 0.15) is 0 Å². The third kappa shape index (κ3) is 3.94. The van der Waals surface area contributed by atoms with Gasteiger partial charge in [0.2, 0.25) is 0 Å². The largest absolute Gasteiger partial charge is 0.351 e. The fourth-order valence-corrected chi connectivity index (χ4v) is 3.46. The van der Waals surface area contributed by atoms with Crippen LogP contribution in [-0.2, 0) is 0 Å². The first kappa shape index (κ1) is 14.3. The number of rotatable bonds is 5. The van der Waals surface area contributed by atoms with Gasteiger partial charge >= 0.3 is 6.03 Å².